The van der Waals surface area contributed by atoms with Crippen LogP contribution in [0.3, 0.4) is 0 Å². The Morgan fingerprint density at radius 1 is 1.15 bits per heavy atom. The Kier molecular flexibility index (Phi) is 4.11. The Balaban J connectivity index is 1.43. The molecule has 5 saturated heterocycles. The highest BCUT2D eigenvalue weighted by molar-refractivity contribution is 5.86. The van der Waals surface area contributed by atoms with Gasteiger partial charge in [0.1, 0.15) is 5.75 Å². The van der Waals surface area contributed by atoms with E-state index in [0.717, 1.165) is 37.9 Å². The van der Waals surface area contributed by atoms with Gasteiger partial charge in [0.15, 0.2) is 0 Å². The van der Waals surface area contributed by atoms with E-state index in [1.54, 1.807) is 11.0 Å². The van der Waals surface area contributed by atoms with Gasteiger partial charge in [-0.2, -0.15) is 0 Å². The number of piperidine rings is 3. The molecule has 2 bridgehead atoms. The standard InChI is InChI=1S/C21H27N3O3/c25-16-4-1-3-15(11-16)17-12-24(19(27)13-23-8-2-5-18(23)26)20-14-6-9-22(10-7-14)21(17)20/h1,3-4,11,14,17,20-21,25H,2,5-10,12-13H2/t17-,20+,21+/m0/s1. The molecule has 1 aromatic carbocycles. The highest BCUT2D eigenvalue weighted by atomic mass is 16.3. The molecule has 144 valence electrons. The van der Waals surface area contributed by atoms with Crippen LogP contribution in [0.5, 0.6) is 5.75 Å². The van der Waals surface area contributed by atoms with Crippen LogP contribution >= 0.6 is 0 Å². The normalized spacial score (nSPS) is 35.0. The van der Waals surface area contributed by atoms with Gasteiger partial charge in [0.05, 0.1) is 12.6 Å². The molecule has 5 aliphatic rings. The summed E-state index contributed by atoms with van der Waals surface area (Å²) < 4.78 is 0. The molecule has 5 heterocycles. The summed E-state index contributed by atoms with van der Waals surface area (Å²) in [5.74, 6) is 1.27. The molecule has 0 aliphatic carbocycles. The zero-order valence-corrected chi connectivity index (χ0v) is 15.6. The topological polar surface area (TPSA) is 64.1 Å². The first kappa shape index (κ1) is 17.0. The lowest BCUT2D eigenvalue weighted by atomic mass is 9.75. The number of benzene rings is 1. The van der Waals surface area contributed by atoms with Crippen LogP contribution in [0.1, 0.15) is 37.2 Å². The van der Waals surface area contributed by atoms with Crippen LogP contribution in [0.4, 0.5) is 0 Å². The maximum atomic E-state index is 13.2. The van der Waals surface area contributed by atoms with E-state index in [-0.39, 0.29) is 36.1 Å². The minimum Gasteiger partial charge on any atom is -0.508 e. The van der Waals surface area contributed by atoms with Crippen molar-refractivity contribution in [1.82, 2.24) is 14.7 Å². The van der Waals surface area contributed by atoms with Crippen molar-refractivity contribution in [3.05, 3.63) is 29.8 Å². The highest BCUT2D eigenvalue weighted by Crippen LogP contribution is 2.46. The number of carbonyl (C=O) groups excluding carboxylic acids is 2. The van der Waals surface area contributed by atoms with Crippen molar-refractivity contribution < 1.29 is 14.7 Å². The molecule has 1 aromatic rings. The second-order valence-corrected chi connectivity index (χ2v) is 8.52. The molecule has 6 heteroatoms. The van der Waals surface area contributed by atoms with E-state index >= 15 is 0 Å². The molecule has 0 saturated carbocycles. The van der Waals surface area contributed by atoms with Crippen LogP contribution in [0.2, 0.25) is 0 Å². The second-order valence-electron chi connectivity index (χ2n) is 8.52. The smallest absolute Gasteiger partial charge is 0.242 e. The third-order valence-corrected chi connectivity index (χ3v) is 7.11. The van der Waals surface area contributed by atoms with E-state index < -0.39 is 0 Å². The molecule has 5 aliphatic heterocycles. The van der Waals surface area contributed by atoms with Gasteiger partial charge in [0.25, 0.3) is 0 Å². The summed E-state index contributed by atoms with van der Waals surface area (Å²) in [6, 6.07) is 8.09. The Bertz CT molecular complexity index is 759. The van der Waals surface area contributed by atoms with Gasteiger partial charge in [-0.05, 0) is 56.0 Å². The number of amides is 2. The molecule has 0 unspecified atom stereocenters. The van der Waals surface area contributed by atoms with E-state index in [1.165, 1.54) is 0 Å². The van der Waals surface area contributed by atoms with Gasteiger partial charge in [-0.15, -0.1) is 0 Å². The van der Waals surface area contributed by atoms with Gasteiger partial charge in [-0.3, -0.25) is 14.5 Å². The SMILES string of the molecule is O=C1CCCN1CC(=O)N1C[C@@H](c2cccc(O)c2)[C@@H]2[C@H]1C1CCN2CC1. The molecule has 1 N–H and O–H groups in total. The minimum absolute atomic E-state index is 0.0941. The summed E-state index contributed by atoms with van der Waals surface area (Å²) in [6.07, 6.45) is 3.74. The molecule has 6 rings (SSSR count). The van der Waals surface area contributed by atoms with Gasteiger partial charge in [0.2, 0.25) is 11.8 Å². The summed E-state index contributed by atoms with van der Waals surface area (Å²) in [5.41, 5.74) is 1.12. The van der Waals surface area contributed by atoms with Crippen LogP contribution in [0, 0.1) is 5.92 Å². The molecule has 5 fully saturated rings. The van der Waals surface area contributed by atoms with Crippen molar-refractivity contribution in [2.45, 2.75) is 43.7 Å². The first-order valence-electron chi connectivity index (χ1n) is 10.2. The van der Waals surface area contributed by atoms with Gasteiger partial charge < -0.3 is 14.9 Å². The molecule has 27 heavy (non-hydrogen) atoms. The summed E-state index contributed by atoms with van der Waals surface area (Å²) in [4.78, 5) is 31.5. The Labute approximate surface area is 159 Å². The Morgan fingerprint density at radius 3 is 2.67 bits per heavy atom. The Morgan fingerprint density at radius 2 is 1.96 bits per heavy atom. The highest BCUT2D eigenvalue weighted by Gasteiger charge is 2.54. The first-order valence-corrected chi connectivity index (χ1v) is 10.2. The van der Waals surface area contributed by atoms with Crippen molar-refractivity contribution in [2.75, 3.05) is 32.7 Å². The summed E-state index contributed by atoms with van der Waals surface area (Å²) in [7, 11) is 0. The van der Waals surface area contributed by atoms with E-state index in [9.17, 15) is 14.7 Å². The fraction of sp³-hybridized carbons (Fsp3) is 0.619. The molecular weight excluding hydrogens is 342 g/mol. The van der Waals surface area contributed by atoms with Crippen LogP contribution in [0.15, 0.2) is 24.3 Å². The maximum absolute atomic E-state index is 13.2. The number of rotatable bonds is 3. The largest absolute Gasteiger partial charge is 0.508 e. The predicted molar refractivity (Wildman–Crippen MR) is 100 cm³/mol. The van der Waals surface area contributed by atoms with Crippen LogP contribution in [-0.2, 0) is 9.59 Å². The van der Waals surface area contributed by atoms with E-state index in [4.69, 9.17) is 0 Å². The van der Waals surface area contributed by atoms with Gasteiger partial charge in [-0.25, -0.2) is 0 Å². The van der Waals surface area contributed by atoms with E-state index in [0.29, 0.717) is 31.5 Å². The summed E-state index contributed by atoms with van der Waals surface area (Å²) in [5, 5.41) is 9.96. The van der Waals surface area contributed by atoms with Gasteiger partial charge >= 0.3 is 0 Å². The number of phenols is 1. The minimum atomic E-state index is 0.0941. The lowest BCUT2D eigenvalue weighted by Crippen LogP contribution is -2.61. The third kappa shape index (κ3) is 2.81. The number of hydrogen-bond acceptors (Lipinski definition) is 4. The number of carbonyl (C=O) groups is 2. The Hall–Kier alpha value is -2.08. The van der Waals surface area contributed by atoms with E-state index in [1.807, 2.05) is 12.1 Å². The third-order valence-electron chi connectivity index (χ3n) is 7.11. The van der Waals surface area contributed by atoms with Gasteiger partial charge in [0, 0.05) is 31.5 Å². The van der Waals surface area contributed by atoms with Crippen LogP contribution in [0.25, 0.3) is 0 Å². The fourth-order valence-corrected chi connectivity index (χ4v) is 5.88. The number of hydrogen-bond donors (Lipinski definition) is 1. The second kappa shape index (κ2) is 6.51. The molecule has 2 amide bonds. The van der Waals surface area contributed by atoms with Crippen molar-refractivity contribution in [3.63, 3.8) is 0 Å². The van der Waals surface area contributed by atoms with Crippen molar-refractivity contribution in [2.24, 2.45) is 5.92 Å². The molecule has 3 atom stereocenters. The average molecular weight is 369 g/mol. The maximum Gasteiger partial charge on any atom is 0.242 e. The average Bonchev–Trinajstić information content (AvgIpc) is 3.28. The number of phenolic OH excluding ortho intramolecular Hbond substituents is 1. The lowest BCUT2D eigenvalue weighted by molar-refractivity contribution is -0.141. The summed E-state index contributed by atoms with van der Waals surface area (Å²) in [6.45, 7) is 3.83. The monoisotopic (exact) mass is 369 g/mol. The zero-order chi connectivity index (χ0) is 18.5. The van der Waals surface area contributed by atoms with Crippen molar-refractivity contribution in [1.29, 1.82) is 0 Å². The van der Waals surface area contributed by atoms with Crippen molar-refractivity contribution >= 4 is 11.8 Å². The van der Waals surface area contributed by atoms with E-state index in [2.05, 4.69) is 15.9 Å². The number of aromatic hydroxyl groups is 1. The lowest BCUT2D eigenvalue weighted by Gasteiger charge is -2.51. The molecule has 0 spiro atoms. The quantitative estimate of drug-likeness (QED) is 0.875. The first-order chi connectivity index (χ1) is 13.1. The van der Waals surface area contributed by atoms with Crippen LogP contribution in [-0.4, -0.2) is 76.4 Å². The molecule has 6 nitrogen and oxygen atoms in total. The number of nitrogens with zero attached hydrogens (tertiary/aromatic N) is 3. The summed E-state index contributed by atoms with van der Waals surface area (Å²) >= 11 is 0. The van der Waals surface area contributed by atoms with Gasteiger partial charge in [-0.1, -0.05) is 12.1 Å². The number of likely N-dealkylation sites (tertiary alicyclic amines) is 2. The molecule has 0 aromatic heterocycles. The molecule has 0 radical (unpaired) electrons. The van der Waals surface area contributed by atoms with Crippen LogP contribution < -0.4 is 0 Å². The fourth-order valence-electron chi connectivity index (χ4n) is 5.88. The zero-order valence-electron chi connectivity index (χ0n) is 15.6. The molecular formula is C21H27N3O3. The number of fused-ring (bicyclic) bond motifs is 2. The van der Waals surface area contributed by atoms with Crippen molar-refractivity contribution in [3.8, 4) is 5.75 Å². The predicted octanol–water partition coefficient (Wildman–Crippen LogP) is 1.40.